The number of nitrogens with two attached hydrogens (primary N) is 1. The minimum Gasteiger partial charge on any atom is -0.376 e. The number of amides is 1. The molecule has 0 saturated heterocycles. The van der Waals surface area contributed by atoms with Crippen LogP contribution in [0.2, 0.25) is 0 Å². The van der Waals surface area contributed by atoms with Gasteiger partial charge in [0, 0.05) is 18.0 Å². The summed E-state index contributed by atoms with van der Waals surface area (Å²) in [7, 11) is 0. The molecule has 1 aromatic heterocycles. The fourth-order valence-corrected chi connectivity index (χ4v) is 3.96. The molecule has 150 valence electrons. The molecule has 0 aliphatic heterocycles. The summed E-state index contributed by atoms with van der Waals surface area (Å²) in [5.41, 5.74) is 4.08. The van der Waals surface area contributed by atoms with Gasteiger partial charge in [-0.2, -0.15) is 13.2 Å². The molecule has 7 heteroatoms. The maximum atomic E-state index is 13.2. The van der Waals surface area contributed by atoms with Gasteiger partial charge in [0.2, 0.25) is 5.91 Å². The van der Waals surface area contributed by atoms with E-state index < -0.39 is 17.7 Å². The highest BCUT2D eigenvalue weighted by molar-refractivity contribution is 5.94. The van der Waals surface area contributed by atoms with Crippen LogP contribution in [0, 0.1) is 0 Å². The zero-order valence-corrected chi connectivity index (χ0v) is 15.5. The average Bonchev–Trinajstić information content (AvgIpc) is 2.67. The number of benzene rings is 1. The maximum Gasteiger partial charge on any atom is 0.421 e. The Kier molecular flexibility index (Phi) is 5.48. The number of carbonyl (C=O) groups excluding carboxylic acids is 1. The number of alkyl halides is 3. The van der Waals surface area contributed by atoms with Crippen LogP contribution in [-0.4, -0.2) is 22.2 Å². The van der Waals surface area contributed by atoms with Gasteiger partial charge in [0.15, 0.2) is 5.60 Å². The van der Waals surface area contributed by atoms with Crippen molar-refractivity contribution < 1.29 is 23.1 Å². The van der Waals surface area contributed by atoms with Crippen LogP contribution in [0.3, 0.4) is 0 Å². The summed E-state index contributed by atoms with van der Waals surface area (Å²) >= 11 is 0. The zero-order valence-electron chi connectivity index (χ0n) is 15.5. The lowest BCUT2D eigenvalue weighted by Gasteiger charge is -2.32. The molecule has 1 saturated carbocycles. The number of halogens is 3. The van der Waals surface area contributed by atoms with E-state index in [0.29, 0.717) is 11.5 Å². The van der Waals surface area contributed by atoms with Gasteiger partial charge >= 0.3 is 6.18 Å². The summed E-state index contributed by atoms with van der Waals surface area (Å²) in [6.07, 6.45) is 1.83. The molecule has 28 heavy (non-hydrogen) atoms. The van der Waals surface area contributed by atoms with Crippen LogP contribution in [0.5, 0.6) is 0 Å². The number of pyridine rings is 1. The first-order valence-corrected chi connectivity index (χ1v) is 9.24. The fraction of sp³-hybridized carbons (Fsp3) is 0.429. The Hall–Kier alpha value is -2.41. The molecule has 3 N–H and O–H groups in total. The molecule has 0 radical (unpaired) electrons. The maximum absolute atomic E-state index is 13.2. The van der Waals surface area contributed by atoms with Gasteiger partial charge in [-0.25, -0.2) is 0 Å². The van der Waals surface area contributed by atoms with Crippen LogP contribution < -0.4 is 5.73 Å². The molecular formula is C21H23F3N2O2. The number of nitrogens with zero attached hydrogens (tertiary/aromatic N) is 1. The summed E-state index contributed by atoms with van der Waals surface area (Å²) in [6, 6.07) is 7.66. The second kappa shape index (κ2) is 7.54. The second-order valence-corrected chi connectivity index (χ2v) is 7.57. The Balaban J connectivity index is 1.88. The van der Waals surface area contributed by atoms with Crippen molar-refractivity contribution in [1.29, 1.82) is 0 Å². The molecule has 3 rings (SSSR count). The van der Waals surface area contributed by atoms with Crippen molar-refractivity contribution in [3.63, 3.8) is 0 Å². The van der Waals surface area contributed by atoms with E-state index in [0.717, 1.165) is 38.7 Å². The molecule has 1 amide bonds. The lowest BCUT2D eigenvalue weighted by Crippen LogP contribution is -2.39. The summed E-state index contributed by atoms with van der Waals surface area (Å²) in [6.45, 7) is 0.719. The Labute approximate surface area is 161 Å². The van der Waals surface area contributed by atoms with Crippen molar-refractivity contribution in [2.75, 3.05) is 0 Å². The molecule has 1 heterocycles. The van der Waals surface area contributed by atoms with E-state index in [-0.39, 0.29) is 17.0 Å². The first kappa shape index (κ1) is 20.3. The van der Waals surface area contributed by atoms with Gasteiger partial charge in [0.05, 0.1) is 0 Å². The van der Waals surface area contributed by atoms with Crippen molar-refractivity contribution in [2.45, 2.75) is 56.2 Å². The van der Waals surface area contributed by atoms with E-state index in [9.17, 15) is 23.1 Å². The highest BCUT2D eigenvalue weighted by Crippen LogP contribution is 2.44. The summed E-state index contributed by atoms with van der Waals surface area (Å²) in [5.74, 6) is -0.397. The van der Waals surface area contributed by atoms with Gasteiger partial charge in [-0.05, 0) is 79.3 Å². The van der Waals surface area contributed by atoms with Crippen LogP contribution in [0.1, 0.15) is 71.5 Å². The minimum absolute atomic E-state index is 0.0791. The van der Waals surface area contributed by atoms with Crippen LogP contribution in [-0.2, 0) is 5.60 Å². The molecular weight excluding hydrogens is 369 g/mol. The quantitative estimate of drug-likeness (QED) is 0.810. The topological polar surface area (TPSA) is 76.2 Å². The van der Waals surface area contributed by atoms with Crippen LogP contribution in [0.4, 0.5) is 13.2 Å². The van der Waals surface area contributed by atoms with Crippen molar-refractivity contribution in [2.24, 2.45) is 5.73 Å². The number of rotatable bonds is 4. The smallest absolute Gasteiger partial charge is 0.376 e. The lowest BCUT2D eigenvalue weighted by atomic mass is 9.74. The van der Waals surface area contributed by atoms with Gasteiger partial charge < -0.3 is 10.8 Å². The predicted molar refractivity (Wildman–Crippen MR) is 98.8 cm³/mol. The number of primary amides is 1. The minimum atomic E-state index is -4.82. The largest absolute Gasteiger partial charge is 0.421 e. The van der Waals surface area contributed by atoms with Gasteiger partial charge in [0.25, 0.3) is 0 Å². The third-order valence-electron chi connectivity index (χ3n) is 5.78. The molecule has 1 atom stereocenters. The Morgan fingerprint density at radius 1 is 1.07 bits per heavy atom. The van der Waals surface area contributed by atoms with Crippen molar-refractivity contribution in [3.8, 4) is 0 Å². The van der Waals surface area contributed by atoms with Crippen LogP contribution in [0.15, 0.2) is 42.7 Å². The normalized spacial score (nSPS) is 22.5. The van der Waals surface area contributed by atoms with E-state index in [2.05, 4.69) is 4.98 Å². The number of aliphatic hydroxyl groups is 1. The van der Waals surface area contributed by atoms with E-state index in [1.54, 1.807) is 12.4 Å². The number of aromatic nitrogens is 1. The summed E-state index contributed by atoms with van der Waals surface area (Å²) in [5, 5.41) is 10.0. The zero-order chi connectivity index (χ0) is 20.5. The predicted octanol–water partition coefficient (Wildman–Crippen LogP) is 4.39. The first-order chi connectivity index (χ1) is 13.1. The fourth-order valence-electron chi connectivity index (χ4n) is 3.96. The summed E-state index contributed by atoms with van der Waals surface area (Å²) < 4.78 is 39.7. The van der Waals surface area contributed by atoms with Gasteiger partial charge in [-0.3, -0.25) is 9.78 Å². The molecule has 4 nitrogen and oxygen atoms in total. The summed E-state index contributed by atoms with van der Waals surface area (Å²) in [4.78, 5) is 15.9. The van der Waals surface area contributed by atoms with E-state index in [1.165, 1.54) is 17.7 Å². The van der Waals surface area contributed by atoms with E-state index in [4.69, 9.17) is 5.73 Å². The molecule has 1 aliphatic rings. The molecule has 1 fully saturated rings. The van der Waals surface area contributed by atoms with Gasteiger partial charge in [-0.15, -0.1) is 0 Å². The van der Waals surface area contributed by atoms with Gasteiger partial charge in [-0.1, -0.05) is 12.1 Å². The molecule has 1 aromatic carbocycles. The Morgan fingerprint density at radius 2 is 1.64 bits per heavy atom. The lowest BCUT2D eigenvalue weighted by molar-refractivity contribution is -0.258. The Bertz CT molecular complexity index is 842. The average molecular weight is 392 g/mol. The molecule has 1 aliphatic carbocycles. The number of carbonyl (C=O) groups is 1. The standard InChI is InChI=1S/C21H23F3N2O2/c1-20(28,21(22,23)24)16-6-7-17(19(25)27)18(12-16)15-4-2-13(3-5-15)14-8-10-26-11-9-14/h6-13,15,28H,2-5H2,1H3,(H2,25,27)/t13?,15?,20-/m0/s1. The molecule has 0 spiro atoms. The van der Waals surface area contributed by atoms with E-state index >= 15 is 0 Å². The Morgan fingerprint density at radius 3 is 2.18 bits per heavy atom. The molecule has 0 bridgehead atoms. The third-order valence-corrected chi connectivity index (χ3v) is 5.78. The highest BCUT2D eigenvalue weighted by atomic mass is 19.4. The highest BCUT2D eigenvalue weighted by Gasteiger charge is 2.51. The van der Waals surface area contributed by atoms with Gasteiger partial charge in [0.1, 0.15) is 0 Å². The van der Waals surface area contributed by atoms with E-state index in [1.807, 2.05) is 12.1 Å². The third kappa shape index (κ3) is 3.90. The number of hydrogen-bond acceptors (Lipinski definition) is 3. The number of hydrogen-bond donors (Lipinski definition) is 2. The van der Waals surface area contributed by atoms with Crippen LogP contribution in [0.25, 0.3) is 0 Å². The molecule has 2 aromatic rings. The van der Waals surface area contributed by atoms with Crippen molar-refractivity contribution in [3.05, 3.63) is 65.0 Å². The van der Waals surface area contributed by atoms with Crippen molar-refractivity contribution >= 4 is 5.91 Å². The van der Waals surface area contributed by atoms with Crippen molar-refractivity contribution in [1.82, 2.24) is 4.98 Å². The monoisotopic (exact) mass is 392 g/mol. The second-order valence-electron chi connectivity index (χ2n) is 7.57. The van der Waals surface area contributed by atoms with Crippen LogP contribution >= 0.6 is 0 Å². The molecule has 0 unspecified atom stereocenters. The SMILES string of the molecule is C[C@](O)(c1ccc(C(N)=O)c(C2CCC(c3ccncc3)CC2)c1)C(F)(F)F. The first-order valence-electron chi connectivity index (χ1n) is 9.24.